The third-order valence-electron chi connectivity index (χ3n) is 3.03. The van der Waals surface area contributed by atoms with Crippen molar-refractivity contribution in [3.63, 3.8) is 0 Å². The summed E-state index contributed by atoms with van der Waals surface area (Å²) in [6, 6.07) is 11.2. The molecule has 0 amide bonds. The number of methoxy groups -OCH3 is 1. The number of nitrogens with zero attached hydrogens (tertiary/aromatic N) is 4. The molecule has 148 valence electrons. The van der Waals surface area contributed by atoms with E-state index in [1.165, 1.54) is 43.6 Å². The number of nitriles is 1. The summed E-state index contributed by atoms with van der Waals surface area (Å²) in [5, 5.41) is 26.5. The molecule has 29 heavy (non-hydrogen) atoms. The lowest BCUT2D eigenvalue weighted by atomic mass is 10.2. The smallest absolute Gasteiger partial charge is 0.270 e. The Labute approximate surface area is 170 Å². The van der Waals surface area contributed by atoms with Crippen molar-refractivity contribution < 1.29 is 19.4 Å². The number of non-ortho nitro benzene ring substituents is 2. The number of nitro benzene ring substituents is 2. The fourth-order valence-corrected chi connectivity index (χ4v) is 1.94. The minimum atomic E-state index is -0.696. The molecule has 0 spiro atoms. The second-order valence-electron chi connectivity index (χ2n) is 4.72. The third kappa shape index (κ3) is 8.30. The Kier molecular flexibility index (Phi) is 11.1. The van der Waals surface area contributed by atoms with Crippen LogP contribution in [-0.2, 0) is 4.74 Å². The molecule has 0 N–H and O–H groups in total. The van der Waals surface area contributed by atoms with E-state index < -0.39 is 15.1 Å². The van der Waals surface area contributed by atoms with Crippen LogP contribution in [0.2, 0.25) is 0 Å². The molecule has 11 heteroatoms. The first kappa shape index (κ1) is 24.7. The molecule has 2 aromatic rings. The van der Waals surface area contributed by atoms with Gasteiger partial charge in [-0.15, -0.1) is 0 Å². The predicted octanol–water partition coefficient (Wildman–Crippen LogP) is 4.57. The average Bonchev–Trinajstić information content (AvgIpc) is 2.74. The van der Waals surface area contributed by atoms with E-state index in [2.05, 4.69) is 11.4 Å². The Morgan fingerprint density at radius 1 is 1.10 bits per heavy atom. The summed E-state index contributed by atoms with van der Waals surface area (Å²) >= 11 is 5.12. The molecule has 0 radical (unpaired) electrons. The number of carbonyl (C=O) groups excluding carboxylic acids is 1. The first-order valence-electron chi connectivity index (χ1n) is 7.35. The van der Waals surface area contributed by atoms with Gasteiger partial charge in [0.25, 0.3) is 16.6 Å². The molecule has 0 aliphatic heterocycles. The molecule has 0 aliphatic carbocycles. The molecule has 0 aliphatic rings. The van der Waals surface area contributed by atoms with E-state index in [1.807, 2.05) is 0 Å². The van der Waals surface area contributed by atoms with Gasteiger partial charge in [-0.1, -0.05) is 18.2 Å². The van der Waals surface area contributed by atoms with Crippen LogP contribution in [0.1, 0.15) is 15.9 Å². The van der Waals surface area contributed by atoms with Gasteiger partial charge in [-0.25, -0.2) is 10.1 Å². The summed E-state index contributed by atoms with van der Waals surface area (Å²) in [5.41, 5.74) is 0.482. The summed E-state index contributed by atoms with van der Waals surface area (Å²) < 4.78 is 4.94. The van der Waals surface area contributed by atoms with Crippen LogP contribution in [0.3, 0.4) is 0 Å². The van der Waals surface area contributed by atoms with E-state index in [1.54, 1.807) is 12.1 Å². The van der Waals surface area contributed by atoms with E-state index in [-0.39, 0.29) is 16.9 Å². The average molecular weight is 417 g/mol. The van der Waals surface area contributed by atoms with Gasteiger partial charge in [0.15, 0.2) is 6.20 Å². The van der Waals surface area contributed by atoms with Gasteiger partial charge < -0.3 is 4.74 Å². The van der Waals surface area contributed by atoms with Crippen molar-refractivity contribution in [2.45, 2.75) is 0 Å². The van der Waals surface area contributed by atoms with E-state index in [0.29, 0.717) is 11.3 Å². The standard InChI is InChI=1S/C10H8N2O3.C7H4ClNO3.CHN/c1-11-7-10(15-2)8-4-3-5-9(6-8)12(13)14;8-7(10)5-2-1-3-6(4-5)9(11)12;1-2/h3-7H,2H3;1-4H;1H/b10-7+;;. The monoisotopic (exact) mass is 416 g/mol. The highest BCUT2D eigenvalue weighted by Gasteiger charge is 2.09. The van der Waals surface area contributed by atoms with Crippen LogP contribution in [0, 0.1) is 38.6 Å². The van der Waals surface area contributed by atoms with Crippen LogP contribution in [-0.4, -0.2) is 22.2 Å². The van der Waals surface area contributed by atoms with Gasteiger partial charge in [-0.3, -0.25) is 25.0 Å². The molecule has 0 saturated carbocycles. The number of benzene rings is 2. The zero-order chi connectivity index (χ0) is 22.4. The van der Waals surface area contributed by atoms with Gasteiger partial charge >= 0.3 is 0 Å². The van der Waals surface area contributed by atoms with Crippen LogP contribution in [0.4, 0.5) is 11.4 Å². The molecule has 2 aromatic carbocycles. The maximum atomic E-state index is 10.6. The number of rotatable bonds is 5. The first-order valence-corrected chi connectivity index (χ1v) is 7.73. The first-order chi connectivity index (χ1) is 13.8. The predicted molar refractivity (Wildman–Crippen MR) is 105 cm³/mol. The highest BCUT2D eigenvalue weighted by atomic mass is 35.5. The van der Waals surface area contributed by atoms with Crippen LogP contribution < -0.4 is 0 Å². The number of nitro groups is 2. The Bertz CT molecular complexity index is 952. The van der Waals surface area contributed by atoms with Crippen molar-refractivity contribution in [3.8, 4) is 6.57 Å². The van der Waals surface area contributed by atoms with Crippen molar-refractivity contribution in [1.29, 1.82) is 5.26 Å². The van der Waals surface area contributed by atoms with Crippen molar-refractivity contribution in [1.82, 2.24) is 0 Å². The highest BCUT2D eigenvalue weighted by molar-refractivity contribution is 6.67. The maximum absolute atomic E-state index is 10.6. The molecule has 0 heterocycles. The Morgan fingerprint density at radius 2 is 1.55 bits per heavy atom. The lowest BCUT2D eigenvalue weighted by Crippen LogP contribution is -1.92. The van der Waals surface area contributed by atoms with Crippen molar-refractivity contribution in [2.75, 3.05) is 7.11 Å². The summed E-state index contributed by atoms with van der Waals surface area (Å²) in [4.78, 5) is 33.3. The Balaban J connectivity index is 0.000000508. The molecule has 2 rings (SSSR count). The number of hydrogen-bond donors (Lipinski definition) is 0. The van der Waals surface area contributed by atoms with Gasteiger partial charge in [0.05, 0.1) is 23.5 Å². The van der Waals surface area contributed by atoms with E-state index in [4.69, 9.17) is 28.2 Å². The molecule has 0 bridgehead atoms. The summed E-state index contributed by atoms with van der Waals surface area (Å²) in [6.45, 7) is 10.2. The molecular weight excluding hydrogens is 404 g/mol. The molecule has 0 atom stereocenters. The number of hydrogen-bond acceptors (Lipinski definition) is 7. The molecule has 10 nitrogen and oxygen atoms in total. The molecule has 0 unspecified atom stereocenters. The summed E-state index contributed by atoms with van der Waals surface area (Å²) in [5.74, 6) is 0.314. The molecule has 0 fully saturated rings. The highest BCUT2D eigenvalue weighted by Crippen LogP contribution is 2.20. The van der Waals surface area contributed by atoms with Gasteiger partial charge in [0.2, 0.25) is 0 Å². The zero-order valence-corrected chi connectivity index (χ0v) is 15.6. The third-order valence-corrected chi connectivity index (χ3v) is 3.25. The molecular formula is C18H13ClN4O6. The number of carbonyl (C=O) groups is 1. The van der Waals surface area contributed by atoms with E-state index >= 15 is 0 Å². The fraction of sp³-hybridized carbons (Fsp3) is 0.0556. The molecule has 0 aromatic heterocycles. The van der Waals surface area contributed by atoms with Crippen molar-refractivity contribution in [3.05, 3.63) is 97.5 Å². The topological polar surface area (TPSA) is 141 Å². The van der Waals surface area contributed by atoms with E-state index in [0.717, 1.165) is 6.07 Å². The quantitative estimate of drug-likeness (QED) is 0.228. The second-order valence-corrected chi connectivity index (χ2v) is 5.06. The lowest BCUT2D eigenvalue weighted by molar-refractivity contribution is -0.385. The maximum Gasteiger partial charge on any atom is 0.270 e. The minimum Gasteiger partial charge on any atom is -0.508 e. The second kappa shape index (κ2) is 13.0. The van der Waals surface area contributed by atoms with Crippen LogP contribution in [0.25, 0.3) is 10.6 Å². The Morgan fingerprint density at radius 3 is 1.93 bits per heavy atom. The largest absolute Gasteiger partial charge is 0.508 e. The Hall–Kier alpha value is -4.28. The van der Waals surface area contributed by atoms with Crippen LogP contribution >= 0.6 is 11.6 Å². The van der Waals surface area contributed by atoms with Crippen LogP contribution in [0.5, 0.6) is 0 Å². The van der Waals surface area contributed by atoms with Crippen LogP contribution in [0.15, 0.2) is 54.7 Å². The normalized spacial score (nSPS) is 9.41. The van der Waals surface area contributed by atoms with Gasteiger partial charge in [0.1, 0.15) is 5.76 Å². The summed E-state index contributed by atoms with van der Waals surface area (Å²) in [6.07, 6.45) is 1.18. The van der Waals surface area contributed by atoms with Gasteiger partial charge in [0, 0.05) is 42.0 Å². The van der Waals surface area contributed by atoms with Gasteiger partial charge in [-0.05, 0) is 17.7 Å². The minimum absolute atomic E-state index is 0.0274. The van der Waals surface area contributed by atoms with E-state index in [9.17, 15) is 25.0 Å². The van der Waals surface area contributed by atoms with Gasteiger partial charge in [-0.2, -0.15) is 0 Å². The zero-order valence-electron chi connectivity index (χ0n) is 14.9. The molecule has 0 saturated heterocycles. The fourth-order valence-electron chi connectivity index (χ4n) is 1.82. The number of ether oxygens (including phenoxy) is 1. The van der Waals surface area contributed by atoms with Crippen molar-refractivity contribution >= 4 is 34.0 Å². The summed E-state index contributed by atoms with van der Waals surface area (Å²) in [7, 11) is 1.41. The number of halogens is 1. The SMILES string of the molecule is C#N.O=C(Cl)c1cccc([N+](=O)[O-])c1.[C-]#[N+]/C=C(/OC)c1cccc([N+](=O)[O-])c1. The van der Waals surface area contributed by atoms with Crippen molar-refractivity contribution in [2.24, 2.45) is 0 Å². The lowest BCUT2D eigenvalue weighted by Gasteiger charge is -2.04.